The number of para-hydroxylation sites is 1. The SMILES string of the molecule is COc1ccc(-c2ccc(C(=O)Nc3cccc(C(=O)Nc4ccccc4)c3C)c(F)c2)c(F)c1. The highest BCUT2D eigenvalue weighted by Crippen LogP contribution is 2.28. The predicted molar refractivity (Wildman–Crippen MR) is 132 cm³/mol. The summed E-state index contributed by atoms with van der Waals surface area (Å²) in [5, 5.41) is 5.47. The van der Waals surface area contributed by atoms with Crippen molar-refractivity contribution in [1.29, 1.82) is 0 Å². The van der Waals surface area contributed by atoms with E-state index < -0.39 is 17.5 Å². The summed E-state index contributed by atoms with van der Waals surface area (Å²) in [7, 11) is 1.43. The molecule has 176 valence electrons. The van der Waals surface area contributed by atoms with Gasteiger partial charge in [-0.25, -0.2) is 8.78 Å². The highest BCUT2D eigenvalue weighted by Gasteiger charge is 2.18. The first-order valence-electron chi connectivity index (χ1n) is 10.8. The van der Waals surface area contributed by atoms with E-state index in [1.54, 1.807) is 43.3 Å². The number of hydrogen-bond donors (Lipinski definition) is 2. The van der Waals surface area contributed by atoms with Crippen molar-refractivity contribution in [2.24, 2.45) is 0 Å². The Balaban J connectivity index is 1.54. The van der Waals surface area contributed by atoms with Crippen molar-refractivity contribution in [3.8, 4) is 16.9 Å². The van der Waals surface area contributed by atoms with Gasteiger partial charge in [0.15, 0.2) is 0 Å². The standard InChI is InChI=1S/C28H22F2N2O3/c1-17-21(27(33)31-19-7-4-3-5-8-19)9-6-10-26(17)32-28(34)23-13-11-18(15-24(23)29)22-14-12-20(35-2)16-25(22)30/h3-16H,1-2H3,(H,31,33)(H,32,34). The Labute approximate surface area is 201 Å². The molecule has 5 nitrogen and oxygen atoms in total. The Kier molecular flexibility index (Phi) is 6.87. The molecular formula is C28H22F2N2O3. The Bertz CT molecular complexity index is 1400. The van der Waals surface area contributed by atoms with Crippen LogP contribution in [0.4, 0.5) is 20.2 Å². The van der Waals surface area contributed by atoms with Crippen LogP contribution in [0.1, 0.15) is 26.3 Å². The lowest BCUT2D eigenvalue weighted by Gasteiger charge is -2.13. The highest BCUT2D eigenvalue weighted by atomic mass is 19.1. The molecule has 0 saturated carbocycles. The van der Waals surface area contributed by atoms with E-state index >= 15 is 0 Å². The van der Waals surface area contributed by atoms with E-state index in [1.807, 2.05) is 18.2 Å². The molecule has 0 atom stereocenters. The van der Waals surface area contributed by atoms with Crippen molar-refractivity contribution in [2.45, 2.75) is 6.92 Å². The molecular weight excluding hydrogens is 450 g/mol. The summed E-state index contributed by atoms with van der Waals surface area (Å²) in [6.07, 6.45) is 0. The number of hydrogen-bond acceptors (Lipinski definition) is 3. The maximum atomic E-state index is 14.8. The van der Waals surface area contributed by atoms with E-state index in [2.05, 4.69) is 10.6 Å². The fraction of sp³-hybridized carbons (Fsp3) is 0.0714. The molecule has 4 rings (SSSR count). The fourth-order valence-corrected chi connectivity index (χ4v) is 3.65. The molecule has 0 spiro atoms. The average Bonchev–Trinajstić information content (AvgIpc) is 2.85. The van der Waals surface area contributed by atoms with Gasteiger partial charge in [-0.2, -0.15) is 0 Å². The van der Waals surface area contributed by atoms with E-state index in [4.69, 9.17) is 4.74 Å². The van der Waals surface area contributed by atoms with Crippen LogP contribution in [-0.4, -0.2) is 18.9 Å². The van der Waals surface area contributed by atoms with Gasteiger partial charge in [0.05, 0.1) is 12.7 Å². The summed E-state index contributed by atoms with van der Waals surface area (Å²) in [6.45, 7) is 1.70. The van der Waals surface area contributed by atoms with Gasteiger partial charge in [0.25, 0.3) is 11.8 Å². The maximum Gasteiger partial charge on any atom is 0.258 e. The molecule has 4 aromatic rings. The number of ether oxygens (including phenoxy) is 1. The van der Waals surface area contributed by atoms with Crippen LogP contribution < -0.4 is 15.4 Å². The van der Waals surface area contributed by atoms with Gasteiger partial charge < -0.3 is 15.4 Å². The molecule has 0 aliphatic carbocycles. The zero-order chi connectivity index (χ0) is 24.9. The molecule has 2 amide bonds. The number of carbonyl (C=O) groups excluding carboxylic acids is 2. The minimum absolute atomic E-state index is 0.185. The van der Waals surface area contributed by atoms with Gasteiger partial charge in [-0.3, -0.25) is 9.59 Å². The summed E-state index contributed by atoms with van der Waals surface area (Å²) in [5.74, 6) is -2.04. The molecule has 0 aliphatic heterocycles. The lowest BCUT2D eigenvalue weighted by atomic mass is 10.0. The summed E-state index contributed by atoms with van der Waals surface area (Å²) >= 11 is 0. The Morgan fingerprint density at radius 3 is 2.17 bits per heavy atom. The molecule has 0 unspecified atom stereocenters. The maximum absolute atomic E-state index is 14.8. The van der Waals surface area contributed by atoms with E-state index in [0.29, 0.717) is 28.3 Å². The fourth-order valence-electron chi connectivity index (χ4n) is 3.65. The lowest BCUT2D eigenvalue weighted by Crippen LogP contribution is -2.17. The minimum Gasteiger partial charge on any atom is -0.497 e. The van der Waals surface area contributed by atoms with Crippen LogP contribution >= 0.6 is 0 Å². The van der Waals surface area contributed by atoms with Crippen molar-refractivity contribution in [2.75, 3.05) is 17.7 Å². The number of nitrogens with one attached hydrogen (secondary N) is 2. The average molecular weight is 472 g/mol. The monoisotopic (exact) mass is 472 g/mol. The predicted octanol–water partition coefficient (Wildman–Crippen LogP) is 6.45. The summed E-state index contributed by atoms with van der Waals surface area (Å²) in [6, 6.07) is 22.0. The van der Waals surface area contributed by atoms with Gasteiger partial charge in [-0.1, -0.05) is 30.3 Å². The van der Waals surface area contributed by atoms with Gasteiger partial charge in [-0.15, -0.1) is 0 Å². The number of rotatable bonds is 6. The molecule has 0 radical (unpaired) electrons. The smallest absolute Gasteiger partial charge is 0.258 e. The van der Waals surface area contributed by atoms with Crippen LogP contribution in [0.5, 0.6) is 5.75 Å². The molecule has 0 bridgehead atoms. The lowest BCUT2D eigenvalue weighted by molar-refractivity contribution is 0.101. The van der Waals surface area contributed by atoms with E-state index in [9.17, 15) is 18.4 Å². The summed E-state index contributed by atoms with van der Waals surface area (Å²) in [5.41, 5.74) is 2.19. The van der Waals surface area contributed by atoms with Crippen molar-refractivity contribution in [3.63, 3.8) is 0 Å². The minimum atomic E-state index is -0.800. The summed E-state index contributed by atoms with van der Waals surface area (Å²) < 4.78 is 34.2. The molecule has 0 aliphatic rings. The first-order chi connectivity index (χ1) is 16.9. The second-order valence-corrected chi connectivity index (χ2v) is 7.79. The topological polar surface area (TPSA) is 67.4 Å². The van der Waals surface area contributed by atoms with Crippen molar-refractivity contribution < 1.29 is 23.1 Å². The first-order valence-corrected chi connectivity index (χ1v) is 10.8. The van der Waals surface area contributed by atoms with Crippen molar-refractivity contribution in [3.05, 3.63) is 113 Å². The Morgan fingerprint density at radius 2 is 1.49 bits per heavy atom. The van der Waals surface area contributed by atoms with Crippen LogP contribution in [0.2, 0.25) is 0 Å². The van der Waals surface area contributed by atoms with Gasteiger partial charge in [0, 0.05) is 28.6 Å². The van der Waals surface area contributed by atoms with Crippen molar-refractivity contribution in [1.82, 2.24) is 0 Å². The number of anilines is 2. The van der Waals surface area contributed by atoms with E-state index in [-0.39, 0.29) is 22.6 Å². The van der Waals surface area contributed by atoms with Crippen LogP contribution in [0.15, 0.2) is 84.9 Å². The molecule has 7 heteroatoms. The van der Waals surface area contributed by atoms with Crippen LogP contribution in [0.25, 0.3) is 11.1 Å². The highest BCUT2D eigenvalue weighted by molar-refractivity contribution is 6.09. The first kappa shape index (κ1) is 23.6. The number of halogens is 2. The Hall–Kier alpha value is -4.52. The number of benzene rings is 4. The zero-order valence-corrected chi connectivity index (χ0v) is 19.1. The third kappa shape index (κ3) is 5.19. The molecule has 0 aromatic heterocycles. The second-order valence-electron chi connectivity index (χ2n) is 7.79. The third-order valence-corrected chi connectivity index (χ3v) is 5.56. The van der Waals surface area contributed by atoms with Gasteiger partial charge in [0.2, 0.25) is 0 Å². The largest absolute Gasteiger partial charge is 0.497 e. The summed E-state index contributed by atoms with van der Waals surface area (Å²) in [4.78, 5) is 25.5. The van der Waals surface area contributed by atoms with E-state index in [1.165, 1.54) is 31.4 Å². The number of methoxy groups -OCH3 is 1. The van der Waals surface area contributed by atoms with Gasteiger partial charge in [0.1, 0.15) is 17.4 Å². The molecule has 0 fully saturated rings. The second kappa shape index (κ2) is 10.2. The molecule has 0 saturated heterocycles. The molecule has 35 heavy (non-hydrogen) atoms. The Morgan fingerprint density at radius 1 is 0.743 bits per heavy atom. The molecule has 2 N–H and O–H groups in total. The normalized spacial score (nSPS) is 10.5. The van der Waals surface area contributed by atoms with Gasteiger partial charge >= 0.3 is 0 Å². The van der Waals surface area contributed by atoms with Crippen LogP contribution in [0.3, 0.4) is 0 Å². The molecule has 4 aromatic carbocycles. The van der Waals surface area contributed by atoms with Crippen LogP contribution in [-0.2, 0) is 0 Å². The number of carbonyl (C=O) groups is 2. The zero-order valence-electron chi connectivity index (χ0n) is 19.1. The third-order valence-electron chi connectivity index (χ3n) is 5.56. The van der Waals surface area contributed by atoms with Gasteiger partial charge in [-0.05, 0) is 66.6 Å². The molecule has 0 heterocycles. The van der Waals surface area contributed by atoms with E-state index in [0.717, 1.165) is 6.07 Å². The number of amides is 2. The van der Waals surface area contributed by atoms with Crippen LogP contribution in [0, 0.1) is 18.6 Å². The quantitative estimate of drug-likeness (QED) is 0.339. The van der Waals surface area contributed by atoms with Crippen molar-refractivity contribution >= 4 is 23.2 Å².